The summed E-state index contributed by atoms with van der Waals surface area (Å²) in [7, 11) is 1.77. The number of anilines is 1. The van der Waals surface area contributed by atoms with Crippen molar-refractivity contribution < 1.29 is 4.79 Å². The van der Waals surface area contributed by atoms with Gasteiger partial charge in [0.2, 0.25) is 0 Å². The molecule has 0 spiro atoms. The second-order valence-corrected chi connectivity index (χ2v) is 8.77. The monoisotopic (exact) mass is 362 g/mol. The van der Waals surface area contributed by atoms with Crippen LogP contribution in [-0.2, 0) is 4.79 Å². The lowest BCUT2D eigenvalue weighted by atomic mass is 9.94. The van der Waals surface area contributed by atoms with E-state index >= 15 is 0 Å². The standard InChI is InChI=1S/C17H18N2OS3/c1-18-15(20)14(23-17(18)21)16-19(11-7-3-2-4-8-11)12-9-5-6-10-13(12)22-16/h5-6,9-11H,2-4,7-8H2,1H3. The average Bonchev–Trinajstić information content (AvgIpc) is 3.08. The number of thiocarbonyl (C=S) groups is 1. The molecule has 0 N–H and O–H groups in total. The zero-order chi connectivity index (χ0) is 16.0. The Hall–Kier alpha value is -0.980. The molecule has 4 rings (SSSR count). The first-order valence-electron chi connectivity index (χ1n) is 7.97. The number of para-hydroxylation sites is 1. The highest BCUT2D eigenvalue weighted by molar-refractivity contribution is 8.27. The van der Waals surface area contributed by atoms with Crippen LogP contribution >= 0.6 is 35.7 Å². The van der Waals surface area contributed by atoms with E-state index < -0.39 is 0 Å². The molecule has 0 unspecified atom stereocenters. The predicted molar refractivity (Wildman–Crippen MR) is 102 cm³/mol. The van der Waals surface area contributed by atoms with E-state index in [0.717, 1.165) is 9.93 Å². The van der Waals surface area contributed by atoms with Gasteiger partial charge in [-0.25, -0.2) is 0 Å². The van der Waals surface area contributed by atoms with Crippen LogP contribution in [0.5, 0.6) is 0 Å². The molecule has 0 atom stereocenters. The van der Waals surface area contributed by atoms with E-state index in [0.29, 0.717) is 10.4 Å². The molecule has 3 nitrogen and oxygen atoms in total. The number of hydrogen-bond donors (Lipinski definition) is 0. The molecule has 2 aliphatic heterocycles. The number of likely N-dealkylation sites (N-methyl/N-ethyl adjacent to an activating group) is 1. The molecular weight excluding hydrogens is 344 g/mol. The summed E-state index contributed by atoms with van der Waals surface area (Å²) in [4.78, 5) is 18.6. The van der Waals surface area contributed by atoms with E-state index in [1.165, 1.54) is 54.4 Å². The van der Waals surface area contributed by atoms with Crippen LogP contribution in [-0.4, -0.2) is 28.2 Å². The molecule has 1 saturated heterocycles. The minimum Gasteiger partial charge on any atom is -0.331 e. The topological polar surface area (TPSA) is 23.6 Å². The van der Waals surface area contributed by atoms with Crippen LogP contribution in [0, 0.1) is 0 Å². The minimum absolute atomic E-state index is 0.0381. The van der Waals surface area contributed by atoms with Crippen molar-refractivity contribution in [2.24, 2.45) is 0 Å². The lowest BCUT2D eigenvalue weighted by Gasteiger charge is -2.34. The fourth-order valence-corrected chi connectivity index (χ4v) is 5.97. The Bertz CT molecular complexity index is 710. The van der Waals surface area contributed by atoms with E-state index in [-0.39, 0.29) is 5.91 Å². The fraction of sp³-hybridized carbons (Fsp3) is 0.412. The highest BCUT2D eigenvalue weighted by Crippen LogP contribution is 2.52. The van der Waals surface area contributed by atoms with E-state index in [4.69, 9.17) is 12.2 Å². The van der Waals surface area contributed by atoms with Gasteiger partial charge in [0.1, 0.15) is 14.3 Å². The SMILES string of the molecule is CN1C(=O)C(=C2Sc3ccccc3N2C2CCCCC2)SC1=S. The van der Waals surface area contributed by atoms with E-state index in [2.05, 4.69) is 29.2 Å². The van der Waals surface area contributed by atoms with Crippen LogP contribution in [0.2, 0.25) is 0 Å². The maximum Gasteiger partial charge on any atom is 0.268 e. The minimum atomic E-state index is 0.0381. The molecule has 6 heteroatoms. The first-order chi connectivity index (χ1) is 11.2. The molecule has 1 amide bonds. The number of benzene rings is 1. The smallest absolute Gasteiger partial charge is 0.268 e. The summed E-state index contributed by atoms with van der Waals surface area (Å²) in [5.41, 5.74) is 1.25. The Morgan fingerprint density at radius 2 is 1.87 bits per heavy atom. The maximum absolute atomic E-state index is 12.6. The van der Waals surface area contributed by atoms with Crippen molar-refractivity contribution in [1.29, 1.82) is 0 Å². The molecule has 0 radical (unpaired) electrons. The Morgan fingerprint density at radius 3 is 2.57 bits per heavy atom. The number of carbonyl (C=O) groups excluding carboxylic acids is 1. The number of amides is 1. The van der Waals surface area contributed by atoms with Crippen LogP contribution in [0.1, 0.15) is 32.1 Å². The van der Waals surface area contributed by atoms with Crippen LogP contribution in [0.3, 0.4) is 0 Å². The van der Waals surface area contributed by atoms with Crippen molar-refractivity contribution in [1.82, 2.24) is 4.90 Å². The van der Waals surface area contributed by atoms with Gasteiger partial charge in [-0.15, -0.1) is 0 Å². The zero-order valence-electron chi connectivity index (χ0n) is 12.9. The van der Waals surface area contributed by atoms with E-state index in [1.807, 2.05) is 0 Å². The molecule has 0 aromatic heterocycles. The summed E-state index contributed by atoms with van der Waals surface area (Å²) in [5, 5.41) is 1.08. The van der Waals surface area contributed by atoms with Gasteiger partial charge in [0.15, 0.2) is 0 Å². The normalized spacial score (nSPS) is 25.4. The van der Waals surface area contributed by atoms with Gasteiger partial charge in [0.05, 0.1) is 5.69 Å². The number of carbonyl (C=O) groups is 1. The van der Waals surface area contributed by atoms with Crippen LogP contribution < -0.4 is 4.90 Å². The molecule has 3 aliphatic rings. The largest absolute Gasteiger partial charge is 0.331 e. The van der Waals surface area contributed by atoms with Gasteiger partial charge < -0.3 is 4.90 Å². The highest BCUT2D eigenvalue weighted by atomic mass is 32.2. The summed E-state index contributed by atoms with van der Waals surface area (Å²) >= 11 is 8.48. The Balaban J connectivity index is 1.80. The van der Waals surface area contributed by atoms with Crippen LogP contribution in [0.25, 0.3) is 0 Å². The Kier molecular flexibility index (Phi) is 4.15. The second kappa shape index (κ2) is 6.15. The van der Waals surface area contributed by atoms with Gasteiger partial charge in [-0.1, -0.05) is 67.1 Å². The van der Waals surface area contributed by atoms with Gasteiger partial charge in [0, 0.05) is 18.0 Å². The third kappa shape index (κ3) is 2.61. The average molecular weight is 363 g/mol. The molecule has 1 saturated carbocycles. The van der Waals surface area contributed by atoms with Crippen molar-refractivity contribution in [3.8, 4) is 0 Å². The lowest BCUT2D eigenvalue weighted by Crippen LogP contribution is -2.34. The number of hydrogen-bond acceptors (Lipinski definition) is 5. The summed E-state index contributed by atoms with van der Waals surface area (Å²) in [6.07, 6.45) is 6.27. The lowest BCUT2D eigenvalue weighted by molar-refractivity contribution is -0.121. The molecule has 1 aromatic carbocycles. The molecule has 0 bridgehead atoms. The van der Waals surface area contributed by atoms with Crippen molar-refractivity contribution in [3.05, 3.63) is 34.2 Å². The first-order valence-corrected chi connectivity index (χ1v) is 10.0. The van der Waals surface area contributed by atoms with Gasteiger partial charge in [-0.3, -0.25) is 9.69 Å². The molecule has 1 aromatic rings. The number of thioether (sulfide) groups is 2. The number of nitrogens with zero attached hydrogens (tertiary/aromatic N) is 2. The predicted octanol–water partition coefficient (Wildman–Crippen LogP) is 4.59. The summed E-state index contributed by atoms with van der Waals surface area (Å²) < 4.78 is 0.651. The number of rotatable bonds is 1. The van der Waals surface area contributed by atoms with Gasteiger partial charge in [0.25, 0.3) is 5.91 Å². The maximum atomic E-state index is 12.6. The highest BCUT2D eigenvalue weighted by Gasteiger charge is 2.39. The second-order valence-electron chi connectivity index (χ2n) is 6.10. The fourth-order valence-electron chi connectivity index (χ4n) is 3.43. The van der Waals surface area contributed by atoms with Crippen LogP contribution in [0.4, 0.5) is 5.69 Å². The van der Waals surface area contributed by atoms with E-state index in [9.17, 15) is 4.79 Å². The molecule has 120 valence electrons. The molecule has 2 fully saturated rings. The van der Waals surface area contributed by atoms with Gasteiger partial charge >= 0.3 is 0 Å². The molecular formula is C17H18N2OS3. The van der Waals surface area contributed by atoms with Crippen molar-refractivity contribution in [2.75, 3.05) is 11.9 Å². The van der Waals surface area contributed by atoms with Crippen molar-refractivity contribution >= 4 is 51.7 Å². The summed E-state index contributed by atoms with van der Waals surface area (Å²) in [6.45, 7) is 0. The third-order valence-electron chi connectivity index (χ3n) is 4.65. The van der Waals surface area contributed by atoms with Crippen molar-refractivity contribution in [2.45, 2.75) is 43.0 Å². The molecule has 1 aliphatic carbocycles. The first kappa shape index (κ1) is 15.5. The zero-order valence-corrected chi connectivity index (χ0v) is 15.4. The van der Waals surface area contributed by atoms with Crippen molar-refractivity contribution in [3.63, 3.8) is 0 Å². The van der Waals surface area contributed by atoms with Gasteiger partial charge in [-0.2, -0.15) is 0 Å². The van der Waals surface area contributed by atoms with Crippen LogP contribution in [0.15, 0.2) is 39.1 Å². The summed E-state index contributed by atoms with van der Waals surface area (Å²) in [6, 6.07) is 8.98. The Labute approximate surface area is 150 Å². The molecule has 2 heterocycles. The quantitative estimate of drug-likeness (QED) is 0.537. The van der Waals surface area contributed by atoms with E-state index in [1.54, 1.807) is 23.7 Å². The Morgan fingerprint density at radius 1 is 1.13 bits per heavy atom. The third-order valence-corrected chi connectivity index (χ3v) is 7.48. The number of fused-ring (bicyclic) bond motifs is 1. The molecule has 23 heavy (non-hydrogen) atoms. The summed E-state index contributed by atoms with van der Waals surface area (Å²) in [5.74, 6) is 0.0381. The van der Waals surface area contributed by atoms with Gasteiger partial charge in [-0.05, 0) is 25.0 Å².